The molecule has 1 unspecified atom stereocenters. The van der Waals surface area contributed by atoms with E-state index in [1.807, 2.05) is 18.3 Å². The molecular weight excluding hydrogens is 250 g/mol. The van der Waals surface area contributed by atoms with Gasteiger partial charge in [0.15, 0.2) is 11.4 Å². The lowest BCUT2D eigenvalue weighted by Gasteiger charge is -2.27. The van der Waals surface area contributed by atoms with Crippen molar-refractivity contribution in [3.8, 4) is 5.75 Å². The lowest BCUT2D eigenvalue weighted by atomic mass is 10.1. The van der Waals surface area contributed by atoms with Crippen LogP contribution in [0.1, 0.15) is 32.4 Å². The standard InChI is InChI=1S/C16H23N3O/c1-12(2)19-9-4-6-14(19)10-13-11-18-8-5-7-15(20-3)16(18)17-13/h5,7-8,11-12,14H,4,6,9-10H2,1-3H3. The highest BCUT2D eigenvalue weighted by Crippen LogP contribution is 2.24. The average molecular weight is 273 g/mol. The maximum atomic E-state index is 5.38. The van der Waals surface area contributed by atoms with E-state index in [0.717, 1.165) is 23.5 Å². The number of hydrogen-bond donors (Lipinski definition) is 0. The van der Waals surface area contributed by atoms with Crippen LogP contribution in [0.2, 0.25) is 0 Å². The fourth-order valence-electron chi connectivity index (χ4n) is 3.29. The van der Waals surface area contributed by atoms with Crippen LogP contribution in [0.25, 0.3) is 5.65 Å². The second-order valence-electron chi connectivity index (χ2n) is 5.87. The molecule has 0 aromatic carbocycles. The first kappa shape index (κ1) is 13.4. The Morgan fingerprint density at radius 2 is 2.30 bits per heavy atom. The number of hydrogen-bond acceptors (Lipinski definition) is 3. The number of rotatable bonds is 4. The smallest absolute Gasteiger partial charge is 0.179 e. The number of aromatic nitrogens is 2. The van der Waals surface area contributed by atoms with E-state index in [9.17, 15) is 0 Å². The van der Waals surface area contributed by atoms with E-state index in [1.165, 1.54) is 19.4 Å². The Kier molecular flexibility index (Phi) is 3.66. The van der Waals surface area contributed by atoms with Gasteiger partial charge in [-0.1, -0.05) is 0 Å². The summed E-state index contributed by atoms with van der Waals surface area (Å²) >= 11 is 0. The van der Waals surface area contributed by atoms with Gasteiger partial charge in [-0.15, -0.1) is 0 Å². The molecule has 4 nitrogen and oxygen atoms in total. The van der Waals surface area contributed by atoms with Crippen LogP contribution in [-0.2, 0) is 6.42 Å². The van der Waals surface area contributed by atoms with Crippen LogP contribution in [-0.4, -0.2) is 40.0 Å². The third-order valence-electron chi connectivity index (χ3n) is 4.25. The van der Waals surface area contributed by atoms with E-state index >= 15 is 0 Å². The largest absolute Gasteiger partial charge is 0.493 e. The highest BCUT2D eigenvalue weighted by atomic mass is 16.5. The SMILES string of the molecule is COc1cccn2cc(CC3CCCN3C(C)C)nc12. The minimum absolute atomic E-state index is 0.620. The normalized spacial score (nSPS) is 20.1. The number of methoxy groups -OCH3 is 1. The summed E-state index contributed by atoms with van der Waals surface area (Å²) in [6.07, 6.45) is 7.78. The molecule has 1 fully saturated rings. The predicted octanol–water partition coefficient (Wildman–Crippen LogP) is 2.76. The lowest BCUT2D eigenvalue weighted by molar-refractivity contribution is 0.202. The van der Waals surface area contributed by atoms with Gasteiger partial charge >= 0.3 is 0 Å². The Bertz CT molecular complexity index is 590. The highest BCUT2D eigenvalue weighted by Gasteiger charge is 2.27. The molecule has 0 spiro atoms. The summed E-state index contributed by atoms with van der Waals surface area (Å²) in [7, 11) is 1.70. The predicted molar refractivity (Wildman–Crippen MR) is 80.3 cm³/mol. The fraction of sp³-hybridized carbons (Fsp3) is 0.562. The quantitative estimate of drug-likeness (QED) is 0.858. The number of likely N-dealkylation sites (tertiary alicyclic amines) is 1. The van der Waals surface area contributed by atoms with Crippen LogP contribution >= 0.6 is 0 Å². The first-order valence-electron chi connectivity index (χ1n) is 7.45. The van der Waals surface area contributed by atoms with Crippen molar-refractivity contribution in [1.29, 1.82) is 0 Å². The van der Waals surface area contributed by atoms with Gasteiger partial charge in [0, 0.05) is 30.9 Å². The first-order chi connectivity index (χ1) is 9.69. The maximum Gasteiger partial charge on any atom is 0.179 e. The zero-order valence-corrected chi connectivity index (χ0v) is 12.5. The minimum atomic E-state index is 0.620. The molecule has 2 aromatic rings. The van der Waals surface area contributed by atoms with Crippen molar-refractivity contribution in [1.82, 2.24) is 14.3 Å². The molecule has 1 aliphatic rings. The molecule has 0 radical (unpaired) electrons. The van der Waals surface area contributed by atoms with E-state index < -0.39 is 0 Å². The van der Waals surface area contributed by atoms with Crippen LogP contribution in [0, 0.1) is 0 Å². The molecule has 4 heteroatoms. The monoisotopic (exact) mass is 273 g/mol. The summed E-state index contributed by atoms with van der Waals surface area (Å²) in [5.41, 5.74) is 2.08. The Morgan fingerprint density at radius 3 is 3.05 bits per heavy atom. The zero-order chi connectivity index (χ0) is 14.1. The Labute approximate surface area is 120 Å². The lowest BCUT2D eigenvalue weighted by Crippen LogP contribution is -2.36. The third-order valence-corrected chi connectivity index (χ3v) is 4.25. The molecule has 3 rings (SSSR count). The van der Waals surface area contributed by atoms with Crippen LogP contribution < -0.4 is 4.74 Å². The van der Waals surface area contributed by atoms with Gasteiger partial charge in [0.1, 0.15) is 0 Å². The van der Waals surface area contributed by atoms with Gasteiger partial charge in [-0.05, 0) is 45.4 Å². The molecular formula is C16H23N3O. The van der Waals surface area contributed by atoms with Gasteiger partial charge in [-0.3, -0.25) is 4.90 Å². The second-order valence-corrected chi connectivity index (χ2v) is 5.87. The van der Waals surface area contributed by atoms with Crippen LogP contribution in [0.4, 0.5) is 0 Å². The summed E-state index contributed by atoms with van der Waals surface area (Å²) < 4.78 is 7.43. The molecule has 0 N–H and O–H groups in total. The molecule has 0 aliphatic carbocycles. The molecule has 1 atom stereocenters. The van der Waals surface area contributed by atoms with Crippen molar-refractivity contribution < 1.29 is 4.74 Å². The Hall–Kier alpha value is -1.55. The van der Waals surface area contributed by atoms with Crippen molar-refractivity contribution in [2.24, 2.45) is 0 Å². The molecule has 108 valence electrons. The molecule has 20 heavy (non-hydrogen) atoms. The summed E-state index contributed by atoms with van der Waals surface area (Å²) in [6, 6.07) is 5.20. The van der Waals surface area contributed by atoms with E-state index in [0.29, 0.717) is 12.1 Å². The van der Waals surface area contributed by atoms with Crippen LogP contribution in [0.5, 0.6) is 5.75 Å². The van der Waals surface area contributed by atoms with Gasteiger partial charge in [-0.25, -0.2) is 4.98 Å². The maximum absolute atomic E-state index is 5.38. The number of fused-ring (bicyclic) bond motifs is 1. The number of imidazole rings is 1. The van der Waals surface area contributed by atoms with E-state index in [2.05, 4.69) is 29.3 Å². The van der Waals surface area contributed by atoms with Gasteiger partial charge in [0.25, 0.3) is 0 Å². The molecule has 2 aromatic heterocycles. The molecule has 3 heterocycles. The van der Waals surface area contributed by atoms with Gasteiger partial charge in [0.2, 0.25) is 0 Å². The van der Waals surface area contributed by atoms with Crippen LogP contribution in [0.3, 0.4) is 0 Å². The molecule has 0 amide bonds. The summed E-state index contributed by atoms with van der Waals surface area (Å²) in [6.45, 7) is 5.79. The van der Waals surface area contributed by atoms with Gasteiger partial charge < -0.3 is 9.14 Å². The number of nitrogens with zero attached hydrogens (tertiary/aromatic N) is 3. The van der Waals surface area contributed by atoms with E-state index in [1.54, 1.807) is 7.11 Å². The Morgan fingerprint density at radius 1 is 1.45 bits per heavy atom. The molecule has 0 saturated carbocycles. The average Bonchev–Trinajstić information content (AvgIpc) is 3.04. The van der Waals surface area contributed by atoms with Gasteiger partial charge in [0.05, 0.1) is 12.8 Å². The van der Waals surface area contributed by atoms with Crippen LogP contribution in [0.15, 0.2) is 24.5 Å². The summed E-state index contributed by atoms with van der Waals surface area (Å²) in [4.78, 5) is 7.35. The van der Waals surface area contributed by atoms with Crippen molar-refractivity contribution in [2.45, 2.75) is 45.2 Å². The third kappa shape index (κ3) is 2.40. The van der Waals surface area contributed by atoms with Crippen molar-refractivity contribution in [3.05, 3.63) is 30.2 Å². The topological polar surface area (TPSA) is 29.8 Å². The van der Waals surface area contributed by atoms with E-state index in [-0.39, 0.29) is 0 Å². The highest BCUT2D eigenvalue weighted by molar-refractivity contribution is 5.54. The van der Waals surface area contributed by atoms with Gasteiger partial charge in [-0.2, -0.15) is 0 Å². The minimum Gasteiger partial charge on any atom is -0.493 e. The van der Waals surface area contributed by atoms with Crippen molar-refractivity contribution in [3.63, 3.8) is 0 Å². The second kappa shape index (κ2) is 5.44. The zero-order valence-electron chi connectivity index (χ0n) is 12.5. The van der Waals surface area contributed by atoms with Crippen molar-refractivity contribution in [2.75, 3.05) is 13.7 Å². The summed E-state index contributed by atoms with van der Waals surface area (Å²) in [5.74, 6) is 0.839. The fourth-order valence-corrected chi connectivity index (χ4v) is 3.29. The molecule has 1 saturated heterocycles. The van der Waals surface area contributed by atoms with Crippen molar-refractivity contribution >= 4 is 5.65 Å². The van der Waals surface area contributed by atoms with E-state index in [4.69, 9.17) is 9.72 Å². The molecule has 0 bridgehead atoms. The number of pyridine rings is 1. The summed E-state index contributed by atoms with van der Waals surface area (Å²) in [5, 5.41) is 0. The molecule has 1 aliphatic heterocycles. The number of ether oxygens (including phenoxy) is 1. The Balaban J connectivity index is 1.84. The first-order valence-corrected chi connectivity index (χ1v) is 7.45.